The van der Waals surface area contributed by atoms with Crippen LogP contribution >= 0.6 is 11.6 Å². The molecule has 0 aliphatic carbocycles. The van der Waals surface area contributed by atoms with Crippen LogP contribution in [0.1, 0.15) is 13.3 Å². The van der Waals surface area contributed by atoms with Gasteiger partial charge in [0, 0.05) is 5.39 Å². The lowest BCUT2D eigenvalue weighted by Gasteiger charge is -2.03. The van der Waals surface area contributed by atoms with E-state index in [1.807, 2.05) is 6.92 Å². The summed E-state index contributed by atoms with van der Waals surface area (Å²) >= 11 is 5.85. The average molecular weight is 308 g/mol. The molecule has 0 atom stereocenters. The van der Waals surface area contributed by atoms with Crippen molar-refractivity contribution >= 4 is 22.6 Å². The lowest BCUT2D eigenvalue weighted by molar-refractivity contribution is 0.291. The molecule has 1 aromatic carbocycles. The fourth-order valence-corrected chi connectivity index (χ4v) is 1.99. The van der Waals surface area contributed by atoms with E-state index in [0.29, 0.717) is 17.8 Å². The van der Waals surface area contributed by atoms with Crippen LogP contribution in [0.15, 0.2) is 28.7 Å². The summed E-state index contributed by atoms with van der Waals surface area (Å²) in [6.45, 7) is 2.43. The molecular formula is C14H11ClFN3O2. The van der Waals surface area contributed by atoms with Gasteiger partial charge in [-0.25, -0.2) is 4.39 Å². The van der Waals surface area contributed by atoms with Crippen molar-refractivity contribution in [3.8, 4) is 17.6 Å². The second-order valence-corrected chi connectivity index (χ2v) is 4.67. The highest BCUT2D eigenvalue weighted by molar-refractivity contribution is 6.28. The van der Waals surface area contributed by atoms with Crippen LogP contribution in [0.4, 0.5) is 4.39 Å². The fourth-order valence-electron chi connectivity index (χ4n) is 1.84. The molecule has 0 radical (unpaired) electrons. The van der Waals surface area contributed by atoms with Gasteiger partial charge in [-0.3, -0.25) is 0 Å². The second-order valence-electron chi connectivity index (χ2n) is 4.33. The number of benzene rings is 1. The normalized spacial score (nSPS) is 11.0. The van der Waals surface area contributed by atoms with Gasteiger partial charge in [-0.05, 0) is 30.2 Å². The second kappa shape index (κ2) is 5.65. The number of fused-ring (bicyclic) bond motifs is 1. The minimum absolute atomic E-state index is 0.00738. The largest absolute Gasteiger partial charge is 0.463 e. The van der Waals surface area contributed by atoms with Crippen LogP contribution in [0.3, 0.4) is 0 Å². The number of rotatable bonds is 4. The van der Waals surface area contributed by atoms with Gasteiger partial charge in [0.15, 0.2) is 17.2 Å². The molecule has 0 aliphatic rings. The number of halogens is 2. The van der Waals surface area contributed by atoms with Crippen molar-refractivity contribution in [1.29, 1.82) is 0 Å². The van der Waals surface area contributed by atoms with E-state index in [2.05, 4.69) is 15.0 Å². The number of aromatic nitrogens is 3. The first-order chi connectivity index (χ1) is 10.2. The van der Waals surface area contributed by atoms with Gasteiger partial charge in [-0.1, -0.05) is 19.1 Å². The van der Waals surface area contributed by atoms with E-state index in [1.54, 1.807) is 18.2 Å². The first-order valence-electron chi connectivity index (χ1n) is 6.40. The topological polar surface area (TPSA) is 61.0 Å². The molecule has 3 aromatic rings. The number of para-hydroxylation sites is 1. The van der Waals surface area contributed by atoms with Gasteiger partial charge in [0.2, 0.25) is 11.1 Å². The first-order valence-corrected chi connectivity index (χ1v) is 6.78. The molecule has 2 heterocycles. The summed E-state index contributed by atoms with van der Waals surface area (Å²) in [6.07, 6.45) is 0.814. The third-order valence-corrected chi connectivity index (χ3v) is 2.91. The standard InChI is InChI=1S/C14H11ClFN3O2/c1-2-6-20-14-18-12(17-13(15)19-14)10-7-8-4-3-5-9(16)11(8)21-10/h3-5,7H,2,6H2,1H3. The summed E-state index contributed by atoms with van der Waals surface area (Å²) < 4.78 is 24.4. The third kappa shape index (κ3) is 2.80. The lowest BCUT2D eigenvalue weighted by Crippen LogP contribution is -2.02. The van der Waals surface area contributed by atoms with Gasteiger partial charge >= 0.3 is 6.01 Å². The fraction of sp³-hybridized carbons (Fsp3) is 0.214. The van der Waals surface area contributed by atoms with Gasteiger partial charge < -0.3 is 9.15 Å². The zero-order chi connectivity index (χ0) is 14.8. The Hall–Kier alpha value is -2.21. The van der Waals surface area contributed by atoms with Crippen molar-refractivity contribution in [3.63, 3.8) is 0 Å². The van der Waals surface area contributed by atoms with Crippen LogP contribution < -0.4 is 4.74 Å². The van der Waals surface area contributed by atoms with Crippen molar-refractivity contribution in [1.82, 2.24) is 15.0 Å². The Morgan fingerprint density at radius 3 is 2.90 bits per heavy atom. The van der Waals surface area contributed by atoms with Crippen LogP contribution in [-0.2, 0) is 0 Å². The number of furan rings is 1. The van der Waals surface area contributed by atoms with Crippen LogP contribution in [0.25, 0.3) is 22.6 Å². The molecule has 0 fully saturated rings. The van der Waals surface area contributed by atoms with Crippen molar-refractivity contribution in [2.75, 3.05) is 6.61 Å². The number of hydrogen-bond donors (Lipinski definition) is 0. The number of hydrogen-bond acceptors (Lipinski definition) is 5. The smallest absolute Gasteiger partial charge is 0.321 e. The van der Waals surface area contributed by atoms with Crippen molar-refractivity contribution in [2.45, 2.75) is 13.3 Å². The van der Waals surface area contributed by atoms with E-state index in [4.69, 9.17) is 20.8 Å². The quantitative estimate of drug-likeness (QED) is 0.732. The highest BCUT2D eigenvalue weighted by Crippen LogP contribution is 2.28. The van der Waals surface area contributed by atoms with Gasteiger partial charge in [-0.2, -0.15) is 15.0 Å². The van der Waals surface area contributed by atoms with Crippen molar-refractivity contribution in [2.24, 2.45) is 0 Å². The Labute approximate surface area is 124 Å². The van der Waals surface area contributed by atoms with Crippen LogP contribution in [-0.4, -0.2) is 21.6 Å². The van der Waals surface area contributed by atoms with E-state index in [-0.39, 0.29) is 22.7 Å². The maximum Gasteiger partial charge on any atom is 0.321 e. The van der Waals surface area contributed by atoms with Crippen LogP contribution in [0.2, 0.25) is 5.28 Å². The molecule has 0 unspecified atom stereocenters. The number of ether oxygens (including phenoxy) is 1. The number of nitrogens with zero attached hydrogens (tertiary/aromatic N) is 3. The molecule has 3 rings (SSSR count). The van der Waals surface area contributed by atoms with E-state index in [9.17, 15) is 4.39 Å². The summed E-state index contributed by atoms with van der Waals surface area (Å²) in [7, 11) is 0. The van der Waals surface area contributed by atoms with E-state index in [0.717, 1.165) is 6.42 Å². The summed E-state index contributed by atoms with van der Waals surface area (Å²) in [6, 6.07) is 6.43. The Balaban J connectivity index is 2.05. The molecule has 7 heteroatoms. The molecule has 0 saturated carbocycles. The zero-order valence-electron chi connectivity index (χ0n) is 11.1. The van der Waals surface area contributed by atoms with E-state index >= 15 is 0 Å². The highest BCUT2D eigenvalue weighted by Gasteiger charge is 2.14. The maximum absolute atomic E-state index is 13.6. The zero-order valence-corrected chi connectivity index (χ0v) is 11.9. The summed E-state index contributed by atoms with van der Waals surface area (Å²) in [4.78, 5) is 12.0. The minimum atomic E-state index is -0.443. The molecule has 5 nitrogen and oxygen atoms in total. The molecule has 0 N–H and O–H groups in total. The van der Waals surface area contributed by atoms with Gasteiger partial charge in [-0.15, -0.1) is 0 Å². The van der Waals surface area contributed by atoms with E-state index in [1.165, 1.54) is 6.07 Å². The monoisotopic (exact) mass is 307 g/mol. The molecule has 0 amide bonds. The summed E-state index contributed by atoms with van der Waals surface area (Å²) in [5.74, 6) is 0.0683. The average Bonchev–Trinajstić information content (AvgIpc) is 2.90. The molecule has 0 saturated heterocycles. The lowest BCUT2D eigenvalue weighted by atomic mass is 10.2. The Morgan fingerprint density at radius 2 is 2.14 bits per heavy atom. The summed E-state index contributed by atoms with van der Waals surface area (Å²) in [5, 5.41) is 0.615. The molecule has 21 heavy (non-hydrogen) atoms. The summed E-state index contributed by atoms with van der Waals surface area (Å²) in [5.41, 5.74) is 0.153. The van der Waals surface area contributed by atoms with Crippen molar-refractivity contribution in [3.05, 3.63) is 35.4 Å². The van der Waals surface area contributed by atoms with Gasteiger partial charge in [0.1, 0.15) is 0 Å². The highest BCUT2D eigenvalue weighted by atomic mass is 35.5. The van der Waals surface area contributed by atoms with Crippen LogP contribution in [0, 0.1) is 5.82 Å². The van der Waals surface area contributed by atoms with Gasteiger partial charge in [0.25, 0.3) is 0 Å². The minimum Gasteiger partial charge on any atom is -0.463 e. The van der Waals surface area contributed by atoms with Crippen molar-refractivity contribution < 1.29 is 13.5 Å². The molecule has 0 spiro atoms. The molecule has 0 bridgehead atoms. The predicted octanol–water partition coefficient (Wildman–Crippen LogP) is 3.87. The van der Waals surface area contributed by atoms with Crippen LogP contribution in [0.5, 0.6) is 6.01 Å². The molecule has 2 aromatic heterocycles. The Morgan fingerprint density at radius 1 is 1.29 bits per heavy atom. The van der Waals surface area contributed by atoms with E-state index < -0.39 is 5.82 Å². The Bertz CT molecular complexity index is 791. The molecule has 108 valence electrons. The Kier molecular flexibility index (Phi) is 3.70. The van der Waals surface area contributed by atoms with Gasteiger partial charge in [0.05, 0.1) is 6.61 Å². The predicted molar refractivity (Wildman–Crippen MR) is 75.8 cm³/mol. The SMILES string of the molecule is CCCOc1nc(Cl)nc(-c2cc3cccc(F)c3o2)n1. The molecular weight excluding hydrogens is 297 g/mol. The first kappa shape index (κ1) is 13.8. The maximum atomic E-state index is 13.6. The third-order valence-electron chi connectivity index (χ3n) is 2.74. The molecule has 0 aliphatic heterocycles.